The smallest absolute Gasteiger partial charge is 0.251 e. The van der Waals surface area contributed by atoms with Gasteiger partial charge < -0.3 is 15.0 Å². The van der Waals surface area contributed by atoms with Gasteiger partial charge >= 0.3 is 0 Å². The molecule has 0 aromatic heterocycles. The first-order valence-electron chi connectivity index (χ1n) is 8.24. The predicted octanol–water partition coefficient (Wildman–Crippen LogP) is 0.613. The summed E-state index contributed by atoms with van der Waals surface area (Å²) in [4.78, 5) is 28.5. The first-order valence-corrected chi connectivity index (χ1v) is 8.24. The van der Waals surface area contributed by atoms with Gasteiger partial charge in [0, 0.05) is 38.3 Å². The van der Waals surface area contributed by atoms with Gasteiger partial charge in [-0.2, -0.15) is 0 Å². The van der Waals surface area contributed by atoms with Gasteiger partial charge in [0.15, 0.2) is 0 Å². The van der Waals surface area contributed by atoms with Crippen LogP contribution in [0.25, 0.3) is 0 Å². The molecule has 0 saturated carbocycles. The normalized spacial score (nSPS) is 25.1. The van der Waals surface area contributed by atoms with Crippen molar-refractivity contribution >= 4 is 11.8 Å². The van der Waals surface area contributed by atoms with Crippen molar-refractivity contribution in [2.24, 2.45) is 0 Å². The molecule has 0 bridgehead atoms. The van der Waals surface area contributed by atoms with E-state index < -0.39 is 0 Å². The van der Waals surface area contributed by atoms with E-state index in [1.54, 1.807) is 0 Å². The molecule has 126 valence electrons. The van der Waals surface area contributed by atoms with E-state index in [4.69, 9.17) is 4.74 Å². The molecule has 0 aromatic carbocycles. The van der Waals surface area contributed by atoms with Crippen LogP contribution < -0.4 is 5.32 Å². The minimum Gasteiger partial charge on any atom is -0.368 e. The van der Waals surface area contributed by atoms with Crippen molar-refractivity contribution in [3.63, 3.8) is 0 Å². The number of hydrogen-bond acceptors (Lipinski definition) is 4. The van der Waals surface area contributed by atoms with Crippen LogP contribution in [-0.4, -0.2) is 72.1 Å². The maximum Gasteiger partial charge on any atom is 0.251 e. The van der Waals surface area contributed by atoms with E-state index in [2.05, 4.69) is 10.2 Å². The van der Waals surface area contributed by atoms with Crippen LogP contribution in [0.15, 0.2) is 0 Å². The fourth-order valence-corrected chi connectivity index (χ4v) is 2.95. The highest BCUT2D eigenvalue weighted by molar-refractivity contribution is 5.82. The lowest BCUT2D eigenvalue weighted by molar-refractivity contribution is -0.143. The summed E-state index contributed by atoms with van der Waals surface area (Å²) in [7, 11) is 0. The van der Waals surface area contributed by atoms with Crippen LogP contribution in [0.3, 0.4) is 0 Å². The average Bonchev–Trinajstić information content (AvgIpc) is 2.98. The van der Waals surface area contributed by atoms with Crippen molar-refractivity contribution in [2.75, 3.05) is 32.8 Å². The Bertz CT molecular complexity index is 405. The number of carbonyl (C=O) groups excluding carboxylic acids is 2. The zero-order valence-corrected chi connectivity index (χ0v) is 14.2. The van der Waals surface area contributed by atoms with Crippen molar-refractivity contribution in [3.8, 4) is 0 Å². The fourth-order valence-electron chi connectivity index (χ4n) is 2.95. The Morgan fingerprint density at radius 2 is 1.82 bits per heavy atom. The van der Waals surface area contributed by atoms with Crippen molar-refractivity contribution in [2.45, 2.75) is 58.2 Å². The lowest BCUT2D eigenvalue weighted by Crippen LogP contribution is -2.57. The van der Waals surface area contributed by atoms with Crippen molar-refractivity contribution < 1.29 is 14.3 Å². The topological polar surface area (TPSA) is 61.9 Å². The van der Waals surface area contributed by atoms with E-state index in [0.29, 0.717) is 19.7 Å². The molecule has 2 unspecified atom stereocenters. The maximum absolute atomic E-state index is 12.3. The third-order valence-electron chi connectivity index (χ3n) is 4.26. The zero-order chi connectivity index (χ0) is 16.3. The third kappa shape index (κ3) is 4.43. The molecule has 2 atom stereocenters. The van der Waals surface area contributed by atoms with E-state index >= 15 is 0 Å². The lowest BCUT2D eigenvalue weighted by Gasteiger charge is -2.38. The molecule has 1 N–H and O–H groups in total. The summed E-state index contributed by atoms with van der Waals surface area (Å²) in [5.74, 6) is 0.162. The van der Waals surface area contributed by atoms with Crippen molar-refractivity contribution in [1.82, 2.24) is 15.1 Å². The lowest BCUT2D eigenvalue weighted by atomic mass is 10.1. The van der Waals surface area contributed by atoms with Gasteiger partial charge in [0.1, 0.15) is 6.10 Å². The van der Waals surface area contributed by atoms with E-state index in [9.17, 15) is 9.59 Å². The second-order valence-corrected chi connectivity index (χ2v) is 7.28. The van der Waals surface area contributed by atoms with E-state index in [0.717, 1.165) is 25.9 Å². The summed E-state index contributed by atoms with van der Waals surface area (Å²) in [6, 6.07) is -0.167. The third-order valence-corrected chi connectivity index (χ3v) is 4.26. The summed E-state index contributed by atoms with van der Waals surface area (Å²) in [5, 5.41) is 3.01. The van der Waals surface area contributed by atoms with E-state index in [-0.39, 0.29) is 29.5 Å². The molecular weight excluding hydrogens is 282 g/mol. The Labute approximate surface area is 133 Å². The largest absolute Gasteiger partial charge is 0.368 e. The maximum atomic E-state index is 12.3. The Kier molecular flexibility index (Phi) is 5.45. The number of nitrogens with zero attached hydrogens (tertiary/aromatic N) is 2. The number of hydrogen-bond donors (Lipinski definition) is 1. The monoisotopic (exact) mass is 311 g/mol. The standard InChI is InChI=1S/C16H29N3O3/c1-12(14(20)17-16(2,3)4)18-7-9-19(10-8-18)15(21)13-6-5-11-22-13/h12-13H,5-11H2,1-4H3,(H,17,20). The molecule has 0 aliphatic carbocycles. The van der Waals surface area contributed by atoms with Crippen LogP contribution in [0, 0.1) is 0 Å². The Hall–Kier alpha value is -1.14. The summed E-state index contributed by atoms with van der Waals surface area (Å²) in [6.07, 6.45) is 1.57. The number of amides is 2. The minimum atomic E-state index is -0.242. The van der Waals surface area contributed by atoms with Gasteiger partial charge in [-0.25, -0.2) is 0 Å². The van der Waals surface area contributed by atoms with Gasteiger partial charge in [-0.15, -0.1) is 0 Å². The van der Waals surface area contributed by atoms with Gasteiger partial charge in [-0.05, 0) is 40.5 Å². The summed E-state index contributed by atoms with van der Waals surface area (Å²) in [5.41, 5.74) is -0.219. The molecule has 2 aliphatic heterocycles. The summed E-state index contributed by atoms with van der Waals surface area (Å²) in [6.45, 7) is 11.4. The molecule has 2 fully saturated rings. The van der Waals surface area contributed by atoms with Crippen LogP contribution in [0.2, 0.25) is 0 Å². The molecule has 2 amide bonds. The number of rotatable bonds is 3. The van der Waals surface area contributed by atoms with Crippen LogP contribution in [-0.2, 0) is 14.3 Å². The van der Waals surface area contributed by atoms with Crippen LogP contribution in [0.1, 0.15) is 40.5 Å². The van der Waals surface area contributed by atoms with Crippen LogP contribution in [0.4, 0.5) is 0 Å². The molecule has 0 radical (unpaired) electrons. The first kappa shape index (κ1) is 17.2. The highest BCUT2D eigenvalue weighted by Gasteiger charge is 2.32. The molecule has 22 heavy (non-hydrogen) atoms. The van der Waals surface area contributed by atoms with E-state index in [1.807, 2.05) is 32.6 Å². The number of piperazine rings is 1. The number of ether oxygens (including phenoxy) is 1. The average molecular weight is 311 g/mol. The van der Waals surface area contributed by atoms with Crippen molar-refractivity contribution in [1.29, 1.82) is 0 Å². The molecule has 6 nitrogen and oxygen atoms in total. The van der Waals surface area contributed by atoms with Gasteiger partial charge in [-0.1, -0.05) is 0 Å². The molecule has 2 rings (SSSR count). The predicted molar refractivity (Wildman–Crippen MR) is 84.5 cm³/mol. The van der Waals surface area contributed by atoms with Gasteiger partial charge in [0.05, 0.1) is 6.04 Å². The molecule has 2 heterocycles. The summed E-state index contributed by atoms with van der Waals surface area (Å²) >= 11 is 0. The first-order chi connectivity index (χ1) is 10.3. The Morgan fingerprint density at radius 3 is 2.32 bits per heavy atom. The Morgan fingerprint density at radius 1 is 1.18 bits per heavy atom. The zero-order valence-electron chi connectivity index (χ0n) is 14.2. The quantitative estimate of drug-likeness (QED) is 0.830. The van der Waals surface area contributed by atoms with Crippen molar-refractivity contribution in [3.05, 3.63) is 0 Å². The minimum absolute atomic E-state index is 0.0476. The highest BCUT2D eigenvalue weighted by Crippen LogP contribution is 2.16. The second-order valence-electron chi connectivity index (χ2n) is 7.28. The van der Waals surface area contributed by atoms with Gasteiger partial charge in [0.25, 0.3) is 5.91 Å². The van der Waals surface area contributed by atoms with Crippen LogP contribution in [0.5, 0.6) is 0 Å². The molecule has 2 saturated heterocycles. The molecule has 0 spiro atoms. The number of nitrogens with one attached hydrogen (secondary N) is 1. The Balaban J connectivity index is 1.81. The highest BCUT2D eigenvalue weighted by atomic mass is 16.5. The van der Waals surface area contributed by atoms with Gasteiger partial charge in [0.2, 0.25) is 5.91 Å². The SMILES string of the molecule is CC(C(=O)NC(C)(C)C)N1CCN(C(=O)C2CCCO2)CC1. The second kappa shape index (κ2) is 6.96. The summed E-state index contributed by atoms with van der Waals surface area (Å²) < 4.78 is 5.47. The molecule has 2 aliphatic rings. The van der Waals surface area contributed by atoms with Crippen LogP contribution >= 0.6 is 0 Å². The number of carbonyl (C=O) groups is 2. The van der Waals surface area contributed by atoms with Gasteiger partial charge in [-0.3, -0.25) is 14.5 Å². The molecular formula is C16H29N3O3. The fraction of sp³-hybridized carbons (Fsp3) is 0.875. The van der Waals surface area contributed by atoms with E-state index in [1.165, 1.54) is 0 Å². The molecule has 6 heteroatoms. The molecule has 0 aromatic rings.